The van der Waals surface area contributed by atoms with Crippen LogP contribution in [0.15, 0.2) is 36.5 Å². The summed E-state index contributed by atoms with van der Waals surface area (Å²) in [6.07, 6.45) is -4.10. The average molecular weight is 311 g/mol. The van der Waals surface area contributed by atoms with E-state index in [1.807, 2.05) is 25.1 Å². The van der Waals surface area contributed by atoms with Crippen molar-refractivity contribution < 1.29 is 18.1 Å². The molecule has 0 amide bonds. The lowest BCUT2D eigenvalue weighted by Crippen LogP contribution is -2.10. The normalized spacial score (nSPS) is 11.3. The fourth-order valence-electron chi connectivity index (χ4n) is 1.89. The van der Waals surface area contributed by atoms with E-state index >= 15 is 0 Å². The maximum absolute atomic E-state index is 12.6. The number of anilines is 1. The molecule has 0 aliphatic rings. The van der Waals surface area contributed by atoms with E-state index in [0.717, 1.165) is 11.1 Å². The Hall–Kier alpha value is -2.64. The first-order valence-corrected chi connectivity index (χ1v) is 6.28. The summed E-state index contributed by atoms with van der Waals surface area (Å²) in [6.45, 7) is 2.11. The second-order valence-electron chi connectivity index (χ2n) is 4.69. The number of pyridine rings is 1. The van der Waals surface area contributed by atoms with Crippen LogP contribution >= 0.6 is 0 Å². The molecule has 1 N–H and O–H groups in total. The van der Waals surface area contributed by atoms with Gasteiger partial charge in [-0.05, 0) is 12.5 Å². The molecule has 0 radical (unpaired) electrons. The summed E-state index contributed by atoms with van der Waals surface area (Å²) in [5, 5.41) is 13.6. The summed E-state index contributed by atoms with van der Waals surface area (Å²) in [6, 6.07) is 7.85. The van der Waals surface area contributed by atoms with Gasteiger partial charge in [-0.15, -0.1) is 0 Å². The Kier molecular flexibility index (Phi) is 4.30. The van der Waals surface area contributed by atoms with Crippen LogP contribution in [0.3, 0.4) is 0 Å². The van der Waals surface area contributed by atoms with Crippen molar-refractivity contribution in [1.29, 1.82) is 0 Å². The largest absolute Gasteiger partial charge is 0.418 e. The van der Waals surface area contributed by atoms with Crippen LogP contribution in [0.5, 0.6) is 0 Å². The van der Waals surface area contributed by atoms with Gasteiger partial charge in [0.25, 0.3) is 0 Å². The number of nitrogens with one attached hydrogen (secondary N) is 1. The van der Waals surface area contributed by atoms with Crippen LogP contribution in [-0.4, -0.2) is 9.91 Å². The third-order valence-corrected chi connectivity index (χ3v) is 2.93. The van der Waals surface area contributed by atoms with Crippen molar-refractivity contribution in [1.82, 2.24) is 4.98 Å². The van der Waals surface area contributed by atoms with Crippen LogP contribution in [0.4, 0.5) is 24.7 Å². The van der Waals surface area contributed by atoms with Gasteiger partial charge in [-0.1, -0.05) is 29.8 Å². The van der Waals surface area contributed by atoms with Gasteiger partial charge < -0.3 is 5.32 Å². The van der Waals surface area contributed by atoms with Gasteiger partial charge in [0.15, 0.2) is 0 Å². The molecule has 0 fully saturated rings. The summed E-state index contributed by atoms with van der Waals surface area (Å²) in [5.41, 5.74) is -0.00652. The van der Waals surface area contributed by atoms with Crippen LogP contribution in [-0.2, 0) is 12.7 Å². The molecule has 0 aliphatic heterocycles. The van der Waals surface area contributed by atoms with E-state index in [1.165, 1.54) is 0 Å². The Morgan fingerprint density at radius 1 is 1.32 bits per heavy atom. The van der Waals surface area contributed by atoms with E-state index in [2.05, 4.69) is 10.3 Å². The Balaban J connectivity index is 2.25. The standard InChI is InChI=1S/C14H12F3N3O2/c1-9-3-2-4-10(5-9)7-18-13-12(20(21)22)6-11(8-19-13)14(15,16)17/h2-6,8H,7H2,1H3,(H,18,19). The molecule has 0 saturated carbocycles. The second-order valence-corrected chi connectivity index (χ2v) is 4.69. The minimum Gasteiger partial charge on any atom is -0.360 e. The van der Waals surface area contributed by atoms with Gasteiger partial charge in [0.1, 0.15) is 0 Å². The number of hydrogen-bond donors (Lipinski definition) is 1. The van der Waals surface area contributed by atoms with Crippen LogP contribution < -0.4 is 5.32 Å². The molecule has 0 bridgehead atoms. The second kappa shape index (κ2) is 6.00. The first-order valence-electron chi connectivity index (χ1n) is 6.28. The summed E-state index contributed by atoms with van der Waals surface area (Å²) in [7, 11) is 0. The van der Waals surface area contributed by atoms with Crippen molar-refractivity contribution in [3.05, 3.63) is 63.3 Å². The number of aromatic nitrogens is 1. The minimum atomic E-state index is -4.67. The lowest BCUT2D eigenvalue weighted by Gasteiger charge is -2.10. The molecule has 22 heavy (non-hydrogen) atoms. The highest BCUT2D eigenvalue weighted by molar-refractivity contribution is 5.57. The lowest BCUT2D eigenvalue weighted by molar-refractivity contribution is -0.384. The Morgan fingerprint density at radius 2 is 2.05 bits per heavy atom. The number of benzene rings is 1. The van der Waals surface area contributed by atoms with Crippen LogP contribution in [0.2, 0.25) is 0 Å². The average Bonchev–Trinajstić information content (AvgIpc) is 2.44. The highest BCUT2D eigenvalue weighted by Crippen LogP contribution is 2.33. The van der Waals surface area contributed by atoms with Gasteiger partial charge in [-0.2, -0.15) is 13.2 Å². The van der Waals surface area contributed by atoms with E-state index < -0.39 is 22.4 Å². The zero-order valence-corrected chi connectivity index (χ0v) is 11.5. The number of nitrogens with zero attached hydrogens (tertiary/aromatic N) is 2. The number of nitro groups is 1. The molecule has 1 aromatic carbocycles. The van der Waals surface area contributed by atoms with E-state index in [4.69, 9.17) is 0 Å². The van der Waals surface area contributed by atoms with Crippen molar-refractivity contribution in [3.8, 4) is 0 Å². The molecule has 5 nitrogen and oxygen atoms in total. The third-order valence-electron chi connectivity index (χ3n) is 2.93. The summed E-state index contributed by atoms with van der Waals surface area (Å²) in [5.74, 6) is -0.195. The molecule has 0 atom stereocenters. The third kappa shape index (κ3) is 3.72. The zero-order chi connectivity index (χ0) is 16.3. The fraction of sp³-hybridized carbons (Fsp3) is 0.214. The van der Waals surface area contributed by atoms with Gasteiger partial charge in [0.2, 0.25) is 5.82 Å². The van der Waals surface area contributed by atoms with Gasteiger partial charge in [0.05, 0.1) is 10.5 Å². The van der Waals surface area contributed by atoms with Crippen molar-refractivity contribution in [2.75, 3.05) is 5.32 Å². The zero-order valence-electron chi connectivity index (χ0n) is 11.5. The molecule has 1 aromatic heterocycles. The quantitative estimate of drug-likeness (QED) is 0.686. The van der Waals surface area contributed by atoms with Crippen molar-refractivity contribution in [2.24, 2.45) is 0 Å². The molecule has 116 valence electrons. The topological polar surface area (TPSA) is 68.1 Å². The smallest absolute Gasteiger partial charge is 0.360 e. The number of aryl methyl sites for hydroxylation is 1. The van der Waals surface area contributed by atoms with Crippen molar-refractivity contribution in [2.45, 2.75) is 19.6 Å². The maximum atomic E-state index is 12.6. The monoisotopic (exact) mass is 311 g/mol. The molecule has 1 heterocycles. The van der Waals surface area contributed by atoms with E-state index in [1.54, 1.807) is 6.07 Å². The first kappa shape index (κ1) is 15.7. The van der Waals surface area contributed by atoms with Crippen LogP contribution in [0, 0.1) is 17.0 Å². The Labute approximate surface area is 124 Å². The highest BCUT2D eigenvalue weighted by Gasteiger charge is 2.33. The number of alkyl halides is 3. The van der Waals surface area contributed by atoms with E-state index in [-0.39, 0.29) is 12.4 Å². The number of rotatable bonds is 4. The fourth-order valence-corrected chi connectivity index (χ4v) is 1.89. The molecule has 8 heteroatoms. The molecule has 2 rings (SSSR count). The van der Waals surface area contributed by atoms with Crippen molar-refractivity contribution in [3.63, 3.8) is 0 Å². The van der Waals surface area contributed by atoms with E-state index in [0.29, 0.717) is 12.3 Å². The molecule has 0 unspecified atom stereocenters. The molecule has 2 aromatic rings. The molecule has 0 saturated heterocycles. The Morgan fingerprint density at radius 3 is 2.64 bits per heavy atom. The van der Waals surface area contributed by atoms with Crippen LogP contribution in [0.25, 0.3) is 0 Å². The summed E-state index contributed by atoms with van der Waals surface area (Å²) >= 11 is 0. The van der Waals surface area contributed by atoms with Gasteiger partial charge in [-0.25, -0.2) is 4.98 Å². The summed E-state index contributed by atoms with van der Waals surface area (Å²) < 4.78 is 37.7. The molecule has 0 spiro atoms. The lowest BCUT2D eigenvalue weighted by atomic mass is 10.1. The minimum absolute atomic E-state index is 0.195. The number of halogens is 3. The number of hydrogen-bond acceptors (Lipinski definition) is 4. The Bertz CT molecular complexity index is 702. The van der Waals surface area contributed by atoms with Gasteiger partial charge in [-0.3, -0.25) is 10.1 Å². The predicted octanol–water partition coefficient (Wildman–Crippen LogP) is 3.93. The molecule has 0 aliphatic carbocycles. The first-order chi connectivity index (χ1) is 10.3. The maximum Gasteiger partial charge on any atom is 0.418 e. The van der Waals surface area contributed by atoms with Gasteiger partial charge >= 0.3 is 11.9 Å². The molecular weight excluding hydrogens is 299 g/mol. The predicted molar refractivity (Wildman–Crippen MR) is 74.4 cm³/mol. The molecular formula is C14H12F3N3O2. The summed E-state index contributed by atoms with van der Waals surface area (Å²) in [4.78, 5) is 13.6. The SMILES string of the molecule is Cc1cccc(CNc2ncc(C(F)(F)F)cc2[N+](=O)[O-])c1. The van der Waals surface area contributed by atoms with Crippen molar-refractivity contribution >= 4 is 11.5 Å². The van der Waals surface area contributed by atoms with E-state index in [9.17, 15) is 23.3 Å². The van der Waals surface area contributed by atoms with Gasteiger partial charge in [0, 0.05) is 18.8 Å². The van der Waals surface area contributed by atoms with Crippen LogP contribution in [0.1, 0.15) is 16.7 Å². The highest BCUT2D eigenvalue weighted by atomic mass is 19.4.